The van der Waals surface area contributed by atoms with Gasteiger partial charge in [-0.3, -0.25) is 33.6 Å². The van der Waals surface area contributed by atoms with Crippen LogP contribution in [0.15, 0.2) is 24.3 Å². The second kappa shape index (κ2) is 19.0. The van der Waals surface area contributed by atoms with Crippen LogP contribution in [0.25, 0.3) is 0 Å². The number of amides is 6. The number of piperidine rings is 1. The number of carboxylic acids is 1. The fourth-order valence-corrected chi connectivity index (χ4v) is 6.45. The lowest BCUT2D eigenvalue weighted by Crippen LogP contribution is -2.62. The molecule has 2 aliphatic heterocycles. The molecule has 1 aromatic carbocycles. The Morgan fingerprint density at radius 3 is 2.14 bits per heavy atom. The van der Waals surface area contributed by atoms with Crippen LogP contribution in [0.2, 0.25) is 0 Å². The van der Waals surface area contributed by atoms with Gasteiger partial charge >= 0.3 is 5.97 Å². The predicted octanol–water partition coefficient (Wildman–Crippen LogP) is -1.51. The molecule has 0 radical (unpaired) electrons. The van der Waals surface area contributed by atoms with Crippen molar-refractivity contribution < 1.29 is 43.8 Å². The highest BCUT2D eigenvalue weighted by Gasteiger charge is 2.47. The molecular formula is C34H52N8O9. The summed E-state index contributed by atoms with van der Waals surface area (Å²) in [5, 5.41) is 29.5. The Morgan fingerprint density at radius 2 is 1.53 bits per heavy atom. The van der Waals surface area contributed by atoms with E-state index in [1.807, 2.05) is 13.8 Å². The summed E-state index contributed by atoms with van der Waals surface area (Å²) in [5.41, 5.74) is 17.6. The van der Waals surface area contributed by atoms with E-state index in [0.29, 0.717) is 37.8 Å². The fourth-order valence-electron chi connectivity index (χ4n) is 6.45. The summed E-state index contributed by atoms with van der Waals surface area (Å²) in [4.78, 5) is 91.9. The molecule has 51 heavy (non-hydrogen) atoms. The largest absolute Gasteiger partial charge is 0.508 e. The molecule has 1 unspecified atom stereocenters. The average molecular weight is 717 g/mol. The van der Waals surface area contributed by atoms with Crippen LogP contribution in [0, 0.1) is 5.92 Å². The molecule has 282 valence electrons. The lowest BCUT2D eigenvalue weighted by Gasteiger charge is -2.38. The molecule has 0 aliphatic carbocycles. The summed E-state index contributed by atoms with van der Waals surface area (Å²) in [6.07, 6.45) is 1.88. The smallest absolute Gasteiger partial charge is 0.303 e. The van der Waals surface area contributed by atoms with Gasteiger partial charge in [0.15, 0.2) is 0 Å². The molecule has 17 heteroatoms. The van der Waals surface area contributed by atoms with Crippen LogP contribution in [0.4, 0.5) is 0 Å². The van der Waals surface area contributed by atoms with Gasteiger partial charge in [0, 0.05) is 18.9 Å². The third kappa shape index (κ3) is 11.9. The summed E-state index contributed by atoms with van der Waals surface area (Å²) in [6.45, 7) is 4.00. The lowest BCUT2D eigenvalue weighted by molar-refractivity contribution is -0.147. The molecule has 2 fully saturated rings. The number of aromatic hydroxyl groups is 1. The normalized spacial score (nSPS) is 20.8. The van der Waals surface area contributed by atoms with Crippen molar-refractivity contribution in [3.05, 3.63) is 29.8 Å². The second-order valence-electron chi connectivity index (χ2n) is 13.7. The van der Waals surface area contributed by atoms with Gasteiger partial charge in [-0.2, -0.15) is 0 Å². The third-order valence-electron chi connectivity index (χ3n) is 9.17. The first-order valence-electron chi connectivity index (χ1n) is 17.4. The highest BCUT2D eigenvalue weighted by Crippen LogP contribution is 2.33. The predicted molar refractivity (Wildman–Crippen MR) is 184 cm³/mol. The number of nitrogens with one attached hydrogen (secondary N) is 4. The Balaban J connectivity index is 1.75. The topological polar surface area (TPSA) is 289 Å². The quantitative estimate of drug-likeness (QED) is 0.0793. The zero-order valence-corrected chi connectivity index (χ0v) is 29.1. The van der Waals surface area contributed by atoms with Gasteiger partial charge < -0.3 is 53.6 Å². The Kier molecular flexibility index (Phi) is 15.2. The first-order chi connectivity index (χ1) is 24.1. The van der Waals surface area contributed by atoms with Gasteiger partial charge in [0.25, 0.3) is 0 Å². The minimum absolute atomic E-state index is 0.00195. The maximum absolute atomic E-state index is 13.9. The maximum atomic E-state index is 13.9. The monoisotopic (exact) mass is 716 g/mol. The number of fused-ring (bicyclic) bond motifs is 1. The van der Waals surface area contributed by atoms with E-state index in [2.05, 4.69) is 21.3 Å². The van der Waals surface area contributed by atoms with Gasteiger partial charge in [-0.15, -0.1) is 0 Å². The Bertz CT molecular complexity index is 1420. The lowest BCUT2D eigenvalue weighted by atomic mass is 9.97. The number of nitrogens with zero attached hydrogens (tertiary/aromatic N) is 1. The highest BCUT2D eigenvalue weighted by atomic mass is 16.4. The second-order valence-corrected chi connectivity index (χ2v) is 13.7. The molecule has 0 bridgehead atoms. The van der Waals surface area contributed by atoms with Crippen LogP contribution < -0.4 is 38.5 Å². The summed E-state index contributed by atoms with van der Waals surface area (Å²) in [5.74, 6) is -5.11. The molecule has 12 N–H and O–H groups in total. The van der Waals surface area contributed by atoms with Gasteiger partial charge in [0.1, 0.15) is 36.0 Å². The number of phenols is 1. The summed E-state index contributed by atoms with van der Waals surface area (Å²) in [6, 6.07) is -0.627. The van der Waals surface area contributed by atoms with E-state index >= 15 is 0 Å². The molecule has 7 atom stereocenters. The minimum Gasteiger partial charge on any atom is -0.508 e. The molecule has 1 aromatic rings. The van der Waals surface area contributed by atoms with Crippen molar-refractivity contribution in [2.24, 2.45) is 23.1 Å². The van der Waals surface area contributed by atoms with Crippen molar-refractivity contribution in [2.45, 2.75) is 120 Å². The van der Waals surface area contributed by atoms with E-state index in [-0.39, 0.29) is 49.8 Å². The Labute approximate surface area is 296 Å². The van der Waals surface area contributed by atoms with E-state index in [0.717, 1.165) is 0 Å². The van der Waals surface area contributed by atoms with Gasteiger partial charge in [-0.05, 0) is 81.5 Å². The number of carbonyl (C=O) groups excluding carboxylic acids is 6. The van der Waals surface area contributed by atoms with Crippen LogP contribution in [-0.2, 0) is 40.0 Å². The molecule has 2 saturated heterocycles. The number of carboxylic acid groups (broad SMARTS) is 1. The molecule has 0 saturated carbocycles. The van der Waals surface area contributed by atoms with Gasteiger partial charge in [0.05, 0.1) is 6.04 Å². The van der Waals surface area contributed by atoms with Crippen molar-refractivity contribution in [1.29, 1.82) is 0 Å². The third-order valence-corrected chi connectivity index (χ3v) is 9.17. The van der Waals surface area contributed by atoms with Crippen molar-refractivity contribution in [3.63, 3.8) is 0 Å². The van der Waals surface area contributed by atoms with E-state index in [4.69, 9.17) is 17.2 Å². The van der Waals surface area contributed by atoms with Crippen LogP contribution in [-0.4, -0.2) is 105 Å². The standard InChI is InChI=1S/C34H52N8O9/c1-18(2)16-25(29(37)46)40-31(48)23(12-14-28(44)45)38-33(50)27-13-8-20-7-11-24(34(51)42(20)27)39-32(49)26(17-19-5-9-21(43)10-6-19)41-30(47)22(36)4-3-15-35/h5-6,9-10,18,20,22-27,43H,3-4,7-8,11-17,35-36H2,1-2H3,(H2,37,46)(H,38,50)(H,39,49)(H,40,48)(H,41,47)(H,44,45)/t20-,22-,23-,24-,25-,26-,27?/m1/s1. The van der Waals surface area contributed by atoms with E-state index < -0.39 is 84.1 Å². The molecule has 2 aliphatic rings. The van der Waals surface area contributed by atoms with Crippen LogP contribution in [0.1, 0.15) is 77.2 Å². The molecule has 0 aromatic heterocycles. The number of hydrogen-bond acceptors (Lipinski definition) is 10. The van der Waals surface area contributed by atoms with Gasteiger partial charge in [-0.1, -0.05) is 26.0 Å². The SMILES string of the molecule is CC(C)C[C@@H](NC(=O)[C@@H](CCC(=O)O)NC(=O)C1CC[C@H]2CC[C@@H](NC(=O)[C@@H](Cc3ccc(O)cc3)NC(=O)[C@H](N)CCCN)C(=O)N12)C(N)=O. The van der Waals surface area contributed by atoms with Crippen LogP contribution in [0.5, 0.6) is 5.75 Å². The fraction of sp³-hybridized carbons (Fsp3) is 0.618. The van der Waals surface area contributed by atoms with Crippen molar-refractivity contribution in [2.75, 3.05) is 6.54 Å². The molecule has 3 rings (SSSR count). The first kappa shape index (κ1) is 40.7. The molecule has 2 heterocycles. The van der Waals surface area contributed by atoms with Crippen LogP contribution >= 0.6 is 0 Å². The zero-order valence-electron chi connectivity index (χ0n) is 29.1. The molecular weight excluding hydrogens is 664 g/mol. The molecule has 0 spiro atoms. The summed E-state index contributed by atoms with van der Waals surface area (Å²) in [7, 11) is 0. The summed E-state index contributed by atoms with van der Waals surface area (Å²) >= 11 is 0. The number of phenolic OH excluding ortho intramolecular Hbond substituents is 1. The van der Waals surface area contributed by atoms with E-state index in [1.165, 1.54) is 17.0 Å². The summed E-state index contributed by atoms with van der Waals surface area (Å²) < 4.78 is 0. The Morgan fingerprint density at radius 1 is 0.882 bits per heavy atom. The van der Waals surface area contributed by atoms with Crippen molar-refractivity contribution in [3.8, 4) is 5.75 Å². The number of rotatable bonds is 19. The van der Waals surface area contributed by atoms with Gasteiger partial charge in [0.2, 0.25) is 35.4 Å². The number of benzene rings is 1. The van der Waals surface area contributed by atoms with Gasteiger partial charge in [-0.25, -0.2) is 0 Å². The Hall–Kier alpha value is -4.77. The molecule has 17 nitrogen and oxygen atoms in total. The first-order valence-corrected chi connectivity index (χ1v) is 17.4. The minimum atomic E-state index is -1.32. The number of primary amides is 1. The van der Waals surface area contributed by atoms with Crippen molar-refractivity contribution >= 4 is 41.4 Å². The average Bonchev–Trinajstić information content (AvgIpc) is 3.51. The van der Waals surface area contributed by atoms with Crippen LogP contribution in [0.3, 0.4) is 0 Å². The number of nitrogens with two attached hydrogens (primary N) is 3. The van der Waals surface area contributed by atoms with E-state index in [1.54, 1.807) is 12.1 Å². The maximum Gasteiger partial charge on any atom is 0.303 e. The van der Waals surface area contributed by atoms with E-state index in [9.17, 15) is 43.8 Å². The highest BCUT2D eigenvalue weighted by molar-refractivity contribution is 5.97. The number of aliphatic carboxylic acids is 1. The molecule has 6 amide bonds. The number of hydrogen-bond donors (Lipinski definition) is 9. The zero-order chi connectivity index (χ0) is 37.8. The van der Waals surface area contributed by atoms with Crippen molar-refractivity contribution in [1.82, 2.24) is 26.2 Å². The number of carbonyl (C=O) groups is 7.